The van der Waals surface area contributed by atoms with Crippen LogP contribution < -0.4 is 10.6 Å². The summed E-state index contributed by atoms with van der Waals surface area (Å²) in [7, 11) is 0. The van der Waals surface area contributed by atoms with Crippen molar-refractivity contribution in [3.8, 4) is 0 Å². The lowest BCUT2D eigenvalue weighted by Gasteiger charge is -2.18. The first-order valence-corrected chi connectivity index (χ1v) is 6.86. The van der Waals surface area contributed by atoms with Crippen LogP contribution in [-0.2, 0) is 0 Å². The Morgan fingerprint density at radius 2 is 2.20 bits per heavy atom. The van der Waals surface area contributed by atoms with Gasteiger partial charge >= 0.3 is 0 Å². The zero-order valence-corrected chi connectivity index (χ0v) is 10.1. The number of hydrogen-bond donors (Lipinski definition) is 2. The zero-order valence-electron chi connectivity index (χ0n) is 10.1. The predicted octanol–water partition coefficient (Wildman–Crippen LogP) is 2.15. The molecular formula is C13H26N2. The third kappa shape index (κ3) is 2.94. The van der Waals surface area contributed by atoms with Gasteiger partial charge in [0.1, 0.15) is 0 Å². The van der Waals surface area contributed by atoms with Crippen LogP contribution in [0.1, 0.15) is 45.4 Å². The first-order valence-electron chi connectivity index (χ1n) is 6.86. The molecule has 2 aliphatic rings. The smallest absolute Gasteiger partial charge is 0.0223 e. The third-order valence-corrected chi connectivity index (χ3v) is 4.20. The molecule has 1 saturated heterocycles. The minimum atomic E-state index is 0.777. The van der Waals surface area contributed by atoms with Crippen LogP contribution in [-0.4, -0.2) is 25.7 Å². The Labute approximate surface area is 94.2 Å². The monoisotopic (exact) mass is 210 g/mol. The highest BCUT2D eigenvalue weighted by Crippen LogP contribution is 2.37. The maximum atomic E-state index is 3.69. The van der Waals surface area contributed by atoms with E-state index in [-0.39, 0.29) is 0 Å². The van der Waals surface area contributed by atoms with Crippen molar-refractivity contribution in [2.24, 2.45) is 11.8 Å². The van der Waals surface area contributed by atoms with Gasteiger partial charge < -0.3 is 10.6 Å². The molecule has 1 aliphatic carbocycles. The van der Waals surface area contributed by atoms with Gasteiger partial charge in [-0.25, -0.2) is 0 Å². The van der Waals surface area contributed by atoms with Gasteiger partial charge in [-0.2, -0.15) is 0 Å². The minimum Gasteiger partial charge on any atom is -0.315 e. The van der Waals surface area contributed by atoms with E-state index in [9.17, 15) is 0 Å². The number of rotatable bonds is 6. The molecule has 0 spiro atoms. The molecule has 0 bridgehead atoms. The first kappa shape index (κ1) is 11.4. The Balaban J connectivity index is 1.59. The van der Waals surface area contributed by atoms with Crippen molar-refractivity contribution in [2.45, 2.75) is 51.5 Å². The highest BCUT2D eigenvalue weighted by Gasteiger charge is 2.38. The lowest BCUT2D eigenvalue weighted by molar-refractivity contribution is 0.392. The van der Waals surface area contributed by atoms with Crippen LogP contribution in [0.2, 0.25) is 0 Å². The van der Waals surface area contributed by atoms with Gasteiger partial charge in [0.2, 0.25) is 0 Å². The molecule has 3 atom stereocenters. The Kier molecular flexibility index (Phi) is 4.45. The highest BCUT2D eigenvalue weighted by atomic mass is 15.0. The molecule has 1 aliphatic heterocycles. The topological polar surface area (TPSA) is 24.1 Å². The van der Waals surface area contributed by atoms with E-state index in [1.807, 2.05) is 0 Å². The Morgan fingerprint density at radius 3 is 3.07 bits per heavy atom. The van der Waals surface area contributed by atoms with E-state index in [0.29, 0.717) is 0 Å². The van der Waals surface area contributed by atoms with Gasteiger partial charge in [-0.15, -0.1) is 0 Å². The molecule has 0 aromatic carbocycles. The van der Waals surface area contributed by atoms with Gasteiger partial charge in [0, 0.05) is 12.6 Å². The van der Waals surface area contributed by atoms with Crippen LogP contribution in [0.15, 0.2) is 0 Å². The predicted molar refractivity (Wildman–Crippen MR) is 65.0 cm³/mol. The summed E-state index contributed by atoms with van der Waals surface area (Å²) in [5.41, 5.74) is 0. The summed E-state index contributed by atoms with van der Waals surface area (Å²) in [5, 5.41) is 7.30. The van der Waals surface area contributed by atoms with Gasteiger partial charge in [0.05, 0.1) is 0 Å². The van der Waals surface area contributed by atoms with Crippen LogP contribution >= 0.6 is 0 Å². The van der Waals surface area contributed by atoms with Crippen LogP contribution in [0, 0.1) is 11.8 Å². The average Bonchev–Trinajstić information content (AvgIpc) is 2.81. The van der Waals surface area contributed by atoms with E-state index in [0.717, 1.165) is 17.9 Å². The maximum Gasteiger partial charge on any atom is 0.0223 e. The van der Waals surface area contributed by atoms with E-state index in [1.165, 1.54) is 58.2 Å². The third-order valence-electron chi connectivity index (χ3n) is 4.20. The van der Waals surface area contributed by atoms with Crippen LogP contribution in [0.3, 0.4) is 0 Å². The van der Waals surface area contributed by atoms with Gasteiger partial charge in [-0.1, -0.05) is 26.2 Å². The molecule has 0 aromatic heterocycles. The summed E-state index contributed by atoms with van der Waals surface area (Å²) in [5.74, 6) is 2.00. The molecule has 0 radical (unpaired) electrons. The number of nitrogens with one attached hydrogen (secondary N) is 2. The van der Waals surface area contributed by atoms with Gasteiger partial charge in [0.15, 0.2) is 0 Å². The van der Waals surface area contributed by atoms with E-state index in [4.69, 9.17) is 0 Å². The molecule has 0 aromatic rings. The lowest BCUT2D eigenvalue weighted by Crippen LogP contribution is -2.38. The molecule has 15 heavy (non-hydrogen) atoms. The van der Waals surface area contributed by atoms with Gasteiger partial charge in [-0.05, 0) is 44.2 Å². The Morgan fingerprint density at radius 1 is 1.27 bits per heavy atom. The fourth-order valence-corrected chi connectivity index (χ4v) is 3.28. The van der Waals surface area contributed by atoms with Crippen LogP contribution in [0.25, 0.3) is 0 Å². The normalized spacial score (nSPS) is 34.6. The second kappa shape index (κ2) is 5.86. The number of fused-ring (bicyclic) bond motifs is 1. The molecule has 2 fully saturated rings. The largest absolute Gasteiger partial charge is 0.315 e. The molecule has 0 amide bonds. The summed E-state index contributed by atoms with van der Waals surface area (Å²) in [4.78, 5) is 0. The van der Waals surface area contributed by atoms with Gasteiger partial charge in [0.25, 0.3) is 0 Å². The van der Waals surface area contributed by atoms with Crippen LogP contribution in [0.5, 0.6) is 0 Å². The lowest BCUT2D eigenvalue weighted by atomic mass is 9.94. The first-order chi connectivity index (χ1) is 7.42. The van der Waals surface area contributed by atoms with E-state index in [1.54, 1.807) is 0 Å². The van der Waals surface area contributed by atoms with Crippen LogP contribution in [0.4, 0.5) is 0 Å². The Hall–Kier alpha value is -0.0800. The van der Waals surface area contributed by atoms with Crippen molar-refractivity contribution < 1.29 is 0 Å². The average molecular weight is 210 g/mol. The minimum absolute atomic E-state index is 0.777. The van der Waals surface area contributed by atoms with Crippen molar-refractivity contribution in [2.75, 3.05) is 19.6 Å². The van der Waals surface area contributed by atoms with Crippen molar-refractivity contribution in [1.82, 2.24) is 10.6 Å². The molecule has 2 unspecified atom stereocenters. The van der Waals surface area contributed by atoms with Crippen molar-refractivity contribution in [3.63, 3.8) is 0 Å². The SMILES string of the molecule is CCCCCNCC1NCC2CCC[C@@H]21. The van der Waals surface area contributed by atoms with E-state index in [2.05, 4.69) is 17.6 Å². The number of hydrogen-bond acceptors (Lipinski definition) is 2. The summed E-state index contributed by atoms with van der Waals surface area (Å²) < 4.78 is 0. The quantitative estimate of drug-likeness (QED) is 0.656. The van der Waals surface area contributed by atoms with E-state index >= 15 is 0 Å². The summed E-state index contributed by atoms with van der Waals surface area (Å²) in [6.07, 6.45) is 8.47. The van der Waals surface area contributed by atoms with Crippen molar-refractivity contribution in [3.05, 3.63) is 0 Å². The molecule has 2 N–H and O–H groups in total. The number of unbranched alkanes of at least 4 members (excludes halogenated alkanes) is 2. The Bertz CT molecular complexity index is 181. The molecule has 1 heterocycles. The second-order valence-electron chi connectivity index (χ2n) is 5.28. The van der Waals surface area contributed by atoms with Gasteiger partial charge in [-0.3, -0.25) is 0 Å². The fraction of sp³-hybridized carbons (Fsp3) is 1.00. The second-order valence-corrected chi connectivity index (χ2v) is 5.28. The zero-order chi connectivity index (χ0) is 10.5. The summed E-state index contributed by atoms with van der Waals surface area (Å²) >= 11 is 0. The standard InChI is InChI=1S/C13H26N2/c1-2-3-4-8-14-10-13-12-7-5-6-11(12)9-15-13/h11-15H,2-10H2,1H3/t11?,12-,13?/m0/s1. The maximum absolute atomic E-state index is 3.69. The highest BCUT2D eigenvalue weighted by molar-refractivity contribution is 4.94. The molecule has 2 rings (SSSR count). The van der Waals surface area contributed by atoms with Crippen molar-refractivity contribution >= 4 is 0 Å². The molecular weight excluding hydrogens is 184 g/mol. The fourth-order valence-electron chi connectivity index (χ4n) is 3.28. The summed E-state index contributed by atoms with van der Waals surface area (Å²) in [6.45, 7) is 5.96. The van der Waals surface area contributed by atoms with Crippen molar-refractivity contribution in [1.29, 1.82) is 0 Å². The summed E-state index contributed by atoms with van der Waals surface area (Å²) in [6, 6.07) is 0.777. The van der Waals surface area contributed by atoms with E-state index < -0.39 is 0 Å². The molecule has 1 saturated carbocycles. The molecule has 2 heteroatoms. The molecule has 2 nitrogen and oxygen atoms in total. The molecule has 88 valence electrons.